The lowest BCUT2D eigenvalue weighted by atomic mass is 9.96. The maximum Gasteiger partial charge on any atom is 0.370 e. The number of para-hydroxylation sites is 2. The van der Waals surface area contributed by atoms with Crippen LogP contribution in [0.25, 0.3) is 22.4 Å². The van der Waals surface area contributed by atoms with Crippen LogP contribution in [0.1, 0.15) is 41.3 Å². The van der Waals surface area contributed by atoms with Crippen LogP contribution in [0.2, 0.25) is 0 Å². The maximum atomic E-state index is 11.5. The third-order valence-corrected chi connectivity index (χ3v) is 8.68. The monoisotopic (exact) mass is 531 g/mol. The second-order valence-electron chi connectivity index (χ2n) is 8.97. The predicted molar refractivity (Wildman–Crippen MR) is 142 cm³/mol. The Bertz CT molecular complexity index is 1430. The van der Waals surface area contributed by atoms with Gasteiger partial charge >= 0.3 is 5.97 Å². The van der Waals surface area contributed by atoms with Gasteiger partial charge in [-0.05, 0) is 76.3 Å². The number of fused-ring (bicyclic) bond motifs is 4. The molecule has 0 saturated heterocycles. The van der Waals surface area contributed by atoms with Crippen molar-refractivity contribution >= 4 is 67.0 Å². The summed E-state index contributed by atoms with van der Waals surface area (Å²) in [5.41, 5.74) is 6.04. The number of carboxylic acids is 1. The van der Waals surface area contributed by atoms with Gasteiger partial charge in [0.1, 0.15) is 4.70 Å². The molecule has 1 saturated carbocycles. The van der Waals surface area contributed by atoms with Gasteiger partial charge in [0, 0.05) is 34.3 Å². The van der Waals surface area contributed by atoms with Crippen molar-refractivity contribution in [3.8, 4) is 0 Å². The second-order valence-corrected chi connectivity index (χ2v) is 10.9. The first-order chi connectivity index (χ1) is 16.6. The topological polar surface area (TPSA) is 44.4 Å². The maximum absolute atomic E-state index is 11.5. The quantitative estimate of drug-likeness (QED) is 0.282. The van der Waals surface area contributed by atoms with E-state index in [-0.39, 0.29) is 6.54 Å². The zero-order valence-electron chi connectivity index (χ0n) is 18.5. The van der Waals surface area contributed by atoms with E-state index in [0.29, 0.717) is 12.0 Å². The molecule has 3 aromatic carbocycles. The van der Waals surface area contributed by atoms with Gasteiger partial charge in [0.15, 0.2) is 0 Å². The zero-order valence-corrected chi connectivity index (χ0v) is 20.9. The molecule has 170 valence electrons. The molecule has 0 bridgehead atoms. The molecule has 1 fully saturated rings. The number of aliphatic carboxylic acids is 1. The van der Waals surface area contributed by atoms with Gasteiger partial charge in [-0.15, -0.1) is 0 Å². The van der Waals surface area contributed by atoms with Crippen LogP contribution >= 0.6 is 27.3 Å². The summed E-state index contributed by atoms with van der Waals surface area (Å²) in [7, 11) is 0. The van der Waals surface area contributed by atoms with Gasteiger partial charge in [0.05, 0.1) is 5.69 Å². The van der Waals surface area contributed by atoms with Crippen LogP contribution < -0.4 is 9.47 Å². The van der Waals surface area contributed by atoms with E-state index in [1.165, 1.54) is 36.2 Å². The number of hydrogen-bond acceptors (Lipinski definition) is 3. The lowest BCUT2D eigenvalue weighted by molar-refractivity contribution is -0.657. The lowest BCUT2D eigenvalue weighted by Crippen LogP contribution is -2.39. The minimum absolute atomic E-state index is 0.0483. The summed E-state index contributed by atoms with van der Waals surface area (Å²) in [5, 5.41) is 10.4. The summed E-state index contributed by atoms with van der Waals surface area (Å²) < 4.78 is 4.08. The van der Waals surface area contributed by atoms with Gasteiger partial charge in [0.2, 0.25) is 12.1 Å². The molecule has 6 heteroatoms. The molecule has 1 aromatic heterocycles. The molecule has 2 unspecified atom stereocenters. The van der Waals surface area contributed by atoms with E-state index in [9.17, 15) is 9.90 Å². The predicted octanol–water partition coefficient (Wildman–Crippen LogP) is 6.99. The lowest BCUT2D eigenvalue weighted by Gasteiger charge is -2.27. The fourth-order valence-corrected chi connectivity index (χ4v) is 7.35. The highest BCUT2D eigenvalue weighted by atomic mass is 79.9. The average Bonchev–Trinajstić information content (AvgIpc) is 3.52. The fourth-order valence-electron chi connectivity index (χ4n) is 5.61. The number of carbonyl (C=O) groups is 1. The molecule has 2 heterocycles. The van der Waals surface area contributed by atoms with Crippen LogP contribution in [-0.2, 0) is 11.3 Å². The summed E-state index contributed by atoms with van der Waals surface area (Å²) in [6.45, 7) is -0.0483. The highest BCUT2D eigenvalue weighted by Gasteiger charge is 2.43. The van der Waals surface area contributed by atoms with E-state index in [2.05, 4.69) is 75.4 Å². The van der Waals surface area contributed by atoms with Crippen molar-refractivity contribution in [3.05, 3.63) is 87.3 Å². The molecule has 34 heavy (non-hydrogen) atoms. The first-order valence-corrected chi connectivity index (χ1v) is 13.2. The standard InChI is InChI=1S/C28H23BrN2O2S/c29-22-16-18(13-14-26-30(17-27(32)33)24-10-4-5-12-25(24)34-26)15-21-20-9-6-11-23(20)31(28(21)22)19-7-2-1-3-8-19/h1-5,7-8,10,12-16,20,23H,6,9,11,17H2/p+1. The number of carboxylic acid groups (broad SMARTS) is 1. The molecule has 2 atom stereocenters. The Hall–Kier alpha value is -2.96. The van der Waals surface area contributed by atoms with Gasteiger partial charge < -0.3 is 10.0 Å². The molecule has 0 spiro atoms. The zero-order chi connectivity index (χ0) is 23.2. The minimum Gasteiger partial charge on any atom is -0.477 e. The Morgan fingerprint density at radius 1 is 1.09 bits per heavy atom. The van der Waals surface area contributed by atoms with Gasteiger partial charge in [-0.1, -0.05) is 48.1 Å². The van der Waals surface area contributed by atoms with Crippen LogP contribution in [0.4, 0.5) is 11.4 Å². The van der Waals surface area contributed by atoms with Crippen molar-refractivity contribution in [1.82, 2.24) is 0 Å². The second kappa shape index (κ2) is 8.67. The van der Waals surface area contributed by atoms with E-state index in [1.807, 2.05) is 28.8 Å². The van der Waals surface area contributed by atoms with Crippen molar-refractivity contribution in [2.24, 2.45) is 0 Å². The largest absolute Gasteiger partial charge is 0.477 e. The fraction of sp³-hybridized carbons (Fsp3) is 0.214. The van der Waals surface area contributed by atoms with Crippen LogP contribution in [-0.4, -0.2) is 17.1 Å². The van der Waals surface area contributed by atoms with Crippen LogP contribution in [0.3, 0.4) is 0 Å². The van der Waals surface area contributed by atoms with Crippen molar-refractivity contribution in [2.45, 2.75) is 37.8 Å². The molecule has 6 rings (SSSR count). The van der Waals surface area contributed by atoms with Crippen molar-refractivity contribution in [1.29, 1.82) is 0 Å². The molecule has 0 amide bonds. The molecule has 0 radical (unpaired) electrons. The Morgan fingerprint density at radius 3 is 2.71 bits per heavy atom. The Labute approximate surface area is 210 Å². The number of hydrogen-bond donors (Lipinski definition) is 1. The number of benzene rings is 3. The molecular formula is C28H24BrN2O2S+. The van der Waals surface area contributed by atoms with E-state index in [4.69, 9.17) is 0 Å². The molecular weight excluding hydrogens is 508 g/mol. The van der Waals surface area contributed by atoms with Crippen LogP contribution in [0, 0.1) is 0 Å². The van der Waals surface area contributed by atoms with E-state index < -0.39 is 5.97 Å². The van der Waals surface area contributed by atoms with Crippen molar-refractivity contribution < 1.29 is 14.5 Å². The number of anilines is 2. The van der Waals surface area contributed by atoms with E-state index in [1.54, 1.807) is 11.3 Å². The van der Waals surface area contributed by atoms with Gasteiger partial charge in [-0.3, -0.25) is 0 Å². The molecule has 1 aliphatic carbocycles. The highest BCUT2D eigenvalue weighted by molar-refractivity contribution is 9.10. The third kappa shape index (κ3) is 3.65. The summed E-state index contributed by atoms with van der Waals surface area (Å²) in [4.78, 5) is 14.0. The average molecular weight is 532 g/mol. The summed E-state index contributed by atoms with van der Waals surface area (Å²) in [6.07, 6.45) is 7.85. The van der Waals surface area contributed by atoms with E-state index >= 15 is 0 Å². The Balaban J connectivity index is 1.41. The normalized spacial score (nSPS) is 19.1. The number of nitrogens with zero attached hydrogens (tertiary/aromatic N) is 2. The van der Waals surface area contributed by atoms with Crippen LogP contribution in [0.5, 0.6) is 0 Å². The first-order valence-electron chi connectivity index (χ1n) is 11.6. The summed E-state index contributed by atoms with van der Waals surface area (Å²) in [6, 6.07) is 23.7. The van der Waals surface area contributed by atoms with Crippen LogP contribution in [0.15, 0.2) is 71.2 Å². The molecule has 4 nitrogen and oxygen atoms in total. The number of halogens is 1. The molecule has 2 aliphatic rings. The minimum atomic E-state index is -0.836. The van der Waals surface area contributed by atoms with Gasteiger partial charge in [-0.25, -0.2) is 4.79 Å². The van der Waals surface area contributed by atoms with Crippen molar-refractivity contribution in [3.63, 3.8) is 0 Å². The summed E-state index contributed by atoms with van der Waals surface area (Å²) in [5.74, 6) is -0.294. The SMILES string of the molecule is O=C(O)C[n+]1c(C=Cc2cc(Br)c3c(c2)C2CCCC2N3c2ccccc2)sc2ccccc21. The molecule has 4 aromatic rings. The number of rotatable bonds is 5. The summed E-state index contributed by atoms with van der Waals surface area (Å²) >= 11 is 5.51. The Morgan fingerprint density at radius 2 is 1.88 bits per heavy atom. The molecule has 1 aliphatic heterocycles. The number of aromatic nitrogens is 1. The van der Waals surface area contributed by atoms with Crippen molar-refractivity contribution in [2.75, 3.05) is 4.90 Å². The van der Waals surface area contributed by atoms with E-state index in [0.717, 1.165) is 25.3 Å². The van der Waals surface area contributed by atoms with Gasteiger partial charge in [-0.2, -0.15) is 4.57 Å². The van der Waals surface area contributed by atoms with Gasteiger partial charge in [0.25, 0.3) is 5.01 Å². The third-order valence-electron chi connectivity index (χ3n) is 6.95. The highest BCUT2D eigenvalue weighted by Crippen LogP contribution is 2.55. The molecule has 1 N–H and O–H groups in total. The number of thiazole rings is 1. The smallest absolute Gasteiger partial charge is 0.370 e. The Kier molecular flexibility index (Phi) is 5.50. The first kappa shape index (κ1) is 21.6.